The molecule has 1 fully saturated rings. The van der Waals surface area contributed by atoms with Gasteiger partial charge in [0.25, 0.3) is 0 Å². The molecule has 0 unspecified atom stereocenters. The number of ether oxygens (including phenoxy) is 1. The molecule has 2 aliphatic rings. The second kappa shape index (κ2) is 10.6. The molecule has 2 aromatic heterocycles. The molecule has 3 aromatic rings. The maximum atomic E-state index is 12.8. The third kappa shape index (κ3) is 5.21. The first kappa shape index (κ1) is 23.5. The van der Waals surface area contributed by atoms with E-state index in [0.29, 0.717) is 23.1 Å². The Hall–Kier alpha value is -2.23. The average molecular weight is 518 g/mol. The highest BCUT2D eigenvalue weighted by Crippen LogP contribution is 2.38. The maximum Gasteiger partial charge on any atom is 0.246 e. The zero-order valence-electron chi connectivity index (χ0n) is 18.6. The number of amides is 1. The second-order valence-corrected chi connectivity index (χ2v) is 10.2. The predicted octanol–water partition coefficient (Wildman–Crippen LogP) is 4.90. The van der Waals surface area contributed by atoms with Gasteiger partial charge < -0.3 is 15.0 Å². The van der Waals surface area contributed by atoms with Crippen molar-refractivity contribution in [3.63, 3.8) is 0 Å². The monoisotopic (exact) mass is 517 g/mol. The standard InChI is InChI=1S/C24H25Cl2N5O2S/c25-18-5-4-16(13-19(18)26)29-23-22-17-6-9-31(14-20(17)34-24(22)28-15-27-23)21(32)3-1-7-30-8-2-11-33-12-10-30/h1,3-5,13,15H,2,6-12,14H2,(H,27,28,29). The number of fused-ring (bicyclic) bond motifs is 3. The summed E-state index contributed by atoms with van der Waals surface area (Å²) in [4.78, 5) is 28.1. The Bertz CT molecular complexity index is 1220. The van der Waals surface area contributed by atoms with E-state index in [1.54, 1.807) is 35.9 Å². The Kier molecular flexibility index (Phi) is 7.32. The smallest absolute Gasteiger partial charge is 0.246 e. The zero-order valence-corrected chi connectivity index (χ0v) is 20.9. The van der Waals surface area contributed by atoms with Crippen LogP contribution >= 0.6 is 34.5 Å². The highest BCUT2D eigenvalue weighted by molar-refractivity contribution is 7.19. The van der Waals surface area contributed by atoms with Gasteiger partial charge in [-0.1, -0.05) is 29.3 Å². The molecule has 10 heteroatoms. The maximum absolute atomic E-state index is 12.8. The van der Waals surface area contributed by atoms with Crippen molar-refractivity contribution in [3.05, 3.63) is 57.2 Å². The number of benzene rings is 1. The molecule has 7 nitrogen and oxygen atoms in total. The van der Waals surface area contributed by atoms with Crippen LogP contribution in [-0.2, 0) is 22.5 Å². The van der Waals surface area contributed by atoms with E-state index in [1.807, 2.05) is 17.0 Å². The van der Waals surface area contributed by atoms with Gasteiger partial charge in [0.2, 0.25) is 5.91 Å². The van der Waals surface area contributed by atoms with E-state index >= 15 is 0 Å². The van der Waals surface area contributed by atoms with Crippen LogP contribution in [0, 0.1) is 0 Å². The lowest BCUT2D eigenvalue weighted by Crippen LogP contribution is -2.34. The normalized spacial score (nSPS) is 17.2. The predicted molar refractivity (Wildman–Crippen MR) is 137 cm³/mol. The number of rotatable bonds is 5. The molecule has 1 aromatic carbocycles. The Labute approximate surface area is 212 Å². The molecule has 4 heterocycles. The Morgan fingerprint density at radius 3 is 2.97 bits per heavy atom. The molecule has 0 bridgehead atoms. The van der Waals surface area contributed by atoms with Crippen LogP contribution in [0.15, 0.2) is 36.7 Å². The topological polar surface area (TPSA) is 70.6 Å². The molecule has 0 saturated carbocycles. The molecular formula is C24H25Cl2N5O2S. The van der Waals surface area contributed by atoms with Gasteiger partial charge in [-0.15, -0.1) is 11.3 Å². The number of carbonyl (C=O) groups excluding carboxylic acids is 1. The highest BCUT2D eigenvalue weighted by atomic mass is 35.5. The summed E-state index contributed by atoms with van der Waals surface area (Å²) in [6.45, 7) is 5.52. The lowest BCUT2D eigenvalue weighted by atomic mass is 10.0. The lowest BCUT2D eigenvalue weighted by Gasteiger charge is -2.26. The summed E-state index contributed by atoms with van der Waals surface area (Å²) >= 11 is 13.8. The highest BCUT2D eigenvalue weighted by Gasteiger charge is 2.25. The lowest BCUT2D eigenvalue weighted by molar-refractivity contribution is -0.126. The molecule has 1 N–H and O–H groups in total. The molecule has 178 valence electrons. The van der Waals surface area contributed by atoms with Crippen molar-refractivity contribution >= 4 is 62.2 Å². The van der Waals surface area contributed by atoms with E-state index in [4.69, 9.17) is 27.9 Å². The number of nitrogens with one attached hydrogen (secondary N) is 1. The number of nitrogens with zero attached hydrogens (tertiary/aromatic N) is 4. The van der Waals surface area contributed by atoms with Gasteiger partial charge >= 0.3 is 0 Å². The van der Waals surface area contributed by atoms with Gasteiger partial charge in [0.1, 0.15) is 17.0 Å². The molecule has 0 radical (unpaired) electrons. The van der Waals surface area contributed by atoms with Crippen LogP contribution in [0.25, 0.3) is 10.2 Å². The van der Waals surface area contributed by atoms with Gasteiger partial charge in [-0.05, 0) is 36.6 Å². The fraction of sp³-hybridized carbons (Fsp3) is 0.375. The van der Waals surface area contributed by atoms with E-state index in [2.05, 4.69) is 20.2 Å². The summed E-state index contributed by atoms with van der Waals surface area (Å²) in [5, 5.41) is 5.36. The molecule has 5 rings (SSSR count). The van der Waals surface area contributed by atoms with Crippen LogP contribution in [0.3, 0.4) is 0 Å². The van der Waals surface area contributed by atoms with Gasteiger partial charge in [0.15, 0.2) is 0 Å². The van der Waals surface area contributed by atoms with Crippen molar-refractivity contribution in [1.29, 1.82) is 0 Å². The SMILES string of the molecule is O=C(C=CCN1CCCOCC1)N1CCc2c(sc3ncnc(Nc4ccc(Cl)c(Cl)c4)c23)C1. The van der Waals surface area contributed by atoms with Crippen molar-refractivity contribution in [3.8, 4) is 0 Å². The first-order chi connectivity index (χ1) is 16.6. The molecule has 0 atom stereocenters. The summed E-state index contributed by atoms with van der Waals surface area (Å²) in [6, 6.07) is 5.40. The minimum atomic E-state index is 0.0504. The largest absolute Gasteiger partial charge is 0.380 e. The van der Waals surface area contributed by atoms with Crippen LogP contribution in [0.1, 0.15) is 16.9 Å². The molecule has 1 saturated heterocycles. The number of anilines is 2. The van der Waals surface area contributed by atoms with E-state index in [9.17, 15) is 4.79 Å². The van der Waals surface area contributed by atoms with Crippen LogP contribution < -0.4 is 5.32 Å². The summed E-state index contributed by atoms with van der Waals surface area (Å²) in [6.07, 6.45) is 7.04. The van der Waals surface area contributed by atoms with Crippen LogP contribution in [-0.4, -0.2) is 65.1 Å². The van der Waals surface area contributed by atoms with Crippen molar-refractivity contribution in [2.75, 3.05) is 44.7 Å². The van der Waals surface area contributed by atoms with Gasteiger partial charge in [0.05, 0.1) is 28.6 Å². The Balaban J connectivity index is 1.29. The fourth-order valence-electron chi connectivity index (χ4n) is 4.31. The first-order valence-electron chi connectivity index (χ1n) is 11.3. The van der Waals surface area contributed by atoms with E-state index < -0.39 is 0 Å². The minimum Gasteiger partial charge on any atom is -0.380 e. The number of hydrogen-bond acceptors (Lipinski definition) is 7. The van der Waals surface area contributed by atoms with Crippen molar-refractivity contribution < 1.29 is 9.53 Å². The number of thiophene rings is 1. The zero-order chi connectivity index (χ0) is 23.5. The third-order valence-corrected chi connectivity index (χ3v) is 7.93. The average Bonchev–Trinajstić information content (AvgIpc) is 3.01. The van der Waals surface area contributed by atoms with Crippen molar-refractivity contribution in [1.82, 2.24) is 19.8 Å². The van der Waals surface area contributed by atoms with Gasteiger partial charge in [-0.25, -0.2) is 9.97 Å². The van der Waals surface area contributed by atoms with Gasteiger partial charge in [-0.3, -0.25) is 9.69 Å². The number of hydrogen-bond donors (Lipinski definition) is 1. The summed E-state index contributed by atoms with van der Waals surface area (Å²) in [5.74, 6) is 0.788. The minimum absolute atomic E-state index is 0.0504. The van der Waals surface area contributed by atoms with Crippen LogP contribution in [0.4, 0.5) is 11.5 Å². The van der Waals surface area contributed by atoms with E-state index in [-0.39, 0.29) is 5.91 Å². The van der Waals surface area contributed by atoms with Crippen LogP contribution in [0.2, 0.25) is 10.0 Å². The Morgan fingerprint density at radius 2 is 2.09 bits per heavy atom. The second-order valence-electron chi connectivity index (χ2n) is 8.34. The number of aromatic nitrogens is 2. The molecular weight excluding hydrogens is 493 g/mol. The molecule has 2 aliphatic heterocycles. The summed E-state index contributed by atoms with van der Waals surface area (Å²) in [7, 11) is 0. The summed E-state index contributed by atoms with van der Waals surface area (Å²) in [5.41, 5.74) is 2.02. The van der Waals surface area contributed by atoms with E-state index in [0.717, 1.165) is 72.3 Å². The van der Waals surface area contributed by atoms with Crippen LogP contribution in [0.5, 0.6) is 0 Å². The molecule has 34 heavy (non-hydrogen) atoms. The molecule has 1 amide bonds. The quantitative estimate of drug-likeness (QED) is 0.485. The Morgan fingerprint density at radius 1 is 1.18 bits per heavy atom. The van der Waals surface area contributed by atoms with Crippen molar-refractivity contribution in [2.45, 2.75) is 19.4 Å². The number of carbonyl (C=O) groups is 1. The third-order valence-electron chi connectivity index (χ3n) is 6.07. The van der Waals surface area contributed by atoms with Crippen molar-refractivity contribution in [2.24, 2.45) is 0 Å². The summed E-state index contributed by atoms with van der Waals surface area (Å²) < 4.78 is 5.49. The first-order valence-corrected chi connectivity index (χ1v) is 12.9. The number of halogens is 2. The van der Waals surface area contributed by atoms with E-state index in [1.165, 1.54) is 5.56 Å². The fourth-order valence-corrected chi connectivity index (χ4v) is 5.81. The van der Waals surface area contributed by atoms with Gasteiger partial charge in [0, 0.05) is 49.4 Å². The molecule has 0 aliphatic carbocycles. The van der Waals surface area contributed by atoms with Gasteiger partial charge in [-0.2, -0.15) is 0 Å². The molecule has 0 spiro atoms.